The van der Waals surface area contributed by atoms with Crippen molar-refractivity contribution in [3.8, 4) is 0 Å². The van der Waals surface area contributed by atoms with Gasteiger partial charge in [0.05, 0.1) is 6.42 Å². The second-order valence-corrected chi connectivity index (χ2v) is 4.87. The molecule has 0 N–H and O–H groups in total. The number of nitrogens with zero attached hydrogens (tertiary/aromatic N) is 1. The van der Waals surface area contributed by atoms with E-state index in [1.165, 1.54) is 26.2 Å². The highest BCUT2D eigenvalue weighted by molar-refractivity contribution is 5.96. The van der Waals surface area contributed by atoms with E-state index in [2.05, 4.69) is 0 Å². The van der Waals surface area contributed by atoms with Crippen LogP contribution in [0.3, 0.4) is 0 Å². The Morgan fingerprint density at radius 3 is 2.67 bits per heavy atom. The lowest BCUT2D eigenvalue weighted by molar-refractivity contribution is -0.138. The van der Waals surface area contributed by atoms with Gasteiger partial charge < -0.3 is 4.90 Å². The maximum Gasteiger partial charge on any atom is 0.230 e. The van der Waals surface area contributed by atoms with Crippen molar-refractivity contribution in [2.75, 3.05) is 6.54 Å². The number of carbonyl (C=O) groups excluding carboxylic acids is 2. The number of amides is 1. The van der Waals surface area contributed by atoms with Gasteiger partial charge in [-0.05, 0) is 38.5 Å². The number of carbonyl (C=O) groups is 2. The number of hydrogen-bond donors (Lipinski definition) is 0. The summed E-state index contributed by atoms with van der Waals surface area (Å²) in [6.45, 7) is 2.36. The summed E-state index contributed by atoms with van der Waals surface area (Å²) in [6, 6.07) is 0.450. The molecule has 2 aliphatic rings. The molecule has 2 unspecified atom stereocenters. The van der Waals surface area contributed by atoms with Gasteiger partial charge in [-0.25, -0.2) is 0 Å². The van der Waals surface area contributed by atoms with Gasteiger partial charge in [0, 0.05) is 12.6 Å². The third kappa shape index (κ3) is 2.21. The van der Waals surface area contributed by atoms with E-state index < -0.39 is 0 Å². The van der Waals surface area contributed by atoms with E-state index in [0.29, 0.717) is 6.04 Å². The second-order valence-electron chi connectivity index (χ2n) is 4.87. The molecule has 0 radical (unpaired) electrons. The first-order chi connectivity index (χ1) is 7.18. The minimum atomic E-state index is -0.0138. The van der Waals surface area contributed by atoms with Gasteiger partial charge in [0.15, 0.2) is 0 Å². The van der Waals surface area contributed by atoms with E-state index in [0.717, 1.165) is 25.3 Å². The fourth-order valence-corrected chi connectivity index (χ4v) is 3.08. The average molecular weight is 209 g/mol. The van der Waals surface area contributed by atoms with Crippen LogP contribution in [-0.2, 0) is 9.59 Å². The zero-order valence-electron chi connectivity index (χ0n) is 9.37. The quantitative estimate of drug-likeness (QED) is 0.650. The Bertz CT molecular complexity index is 275. The van der Waals surface area contributed by atoms with E-state index in [1.807, 2.05) is 4.90 Å². The number of Topliss-reactive ketones (excluding diaryl/α,β-unsaturated/α-hetero) is 1. The molecule has 1 saturated carbocycles. The first-order valence-electron chi connectivity index (χ1n) is 5.97. The first-order valence-corrected chi connectivity index (χ1v) is 5.97. The van der Waals surface area contributed by atoms with Crippen LogP contribution in [0.1, 0.15) is 45.4 Å². The van der Waals surface area contributed by atoms with Crippen LogP contribution >= 0.6 is 0 Å². The number of ketones is 1. The van der Waals surface area contributed by atoms with Crippen LogP contribution in [0.15, 0.2) is 0 Å². The molecular formula is C12H19NO2. The Balaban J connectivity index is 2.00. The van der Waals surface area contributed by atoms with Gasteiger partial charge in [0.1, 0.15) is 5.78 Å². The SMILES string of the molecule is CC(=O)CC(=O)N1CCCC2CCCC21. The van der Waals surface area contributed by atoms with Crippen LogP contribution < -0.4 is 0 Å². The summed E-state index contributed by atoms with van der Waals surface area (Å²) in [4.78, 5) is 24.8. The Hall–Kier alpha value is -0.860. The maximum atomic E-state index is 11.9. The number of likely N-dealkylation sites (tertiary alicyclic amines) is 1. The summed E-state index contributed by atoms with van der Waals surface area (Å²) in [5, 5.41) is 0. The topological polar surface area (TPSA) is 37.4 Å². The van der Waals surface area contributed by atoms with Crippen molar-refractivity contribution in [1.82, 2.24) is 4.90 Å². The Morgan fingerprint density at radius 1 is 1.20 bits per heavy atom. The molecule has 0 aromatic rings. The van der Waals surface area contributed by atoms with Crippen LogP contribution in [-0.4, -0.2) is 29.2 Å². The van der Waals surface area contributed by atoms with Crippen molar-refractivity contribution in [1.29, 1.82) is 0 Å². The van der Waals surface area contributed by atoms with Crippen LogP contribution in [0, 0.1) is 5.92 Å². The molecule has 3 nitrogen and oxygen atoms in total. The lowest BCUT2D eigenvalue weighted by Gasteiger charge is -2.37. The molecule has 1 aliphatic heterocycles. The van der Waals surface area contributed by atoms with E-state index in [4.69, 9.17) is 0 Å². The largest absolute Gasteiger partial charge is 0.339 e. The fourth-order valence-electron chi connectivity index (χ4n) is 3.08. The summed E-state index contributed by atoms with van der Waals surface area (Å²) in [6.07, 6.45) is 6.16. The van der Waals surface area contributed by atoms with Gasteiger partial charge in [-0.3, -0.25) is 9.59 Å². The van der Waals surface area contributed by atoms with Gasteiger partial charge in [0.2, 0.25) is 5.91 Å². The average Bonchev–Trinajstić information content (AvgIpc) is 2.63. The Morgan fingerprint density at radius 2 is 1.93 bits per heavy atom. The van der Waals surface area contributed by atoms with E-state index in [9.17, 15) is 9.59 Å². The van der Waals surface area contributed by atoms with Crippen molar-refractivity contribution in [2.24, 2.45) is 5.92 Å². The highest BCUT2D eigenvalue weighted by Gasteiger charge is 2.37. The smallest absolute Gasteiger partial charge is 0.230 e. The molecule has 2 rings (SSSR count). The van der Waals surface area contributed by atoms with Gasteiger partial charge >= 0.3 is 0 Å². The van der Waals surface area contributed by atoms with Crippen LogP contribution in [0.5, 0.6) is 0 Å². The highest BCUT2D eigenvalue weighted by atomic mass is 16.2. The Labute approximate surface area is 90.8 Å². The van der Waals surface area contributed by atoms with Crippen molar-refractivity contribution >= 4 is 11.7 Å². The van der Waals surface area contributed by atoms with Gasteiger partial charge in [-0.2, -0.15) is 0 Å². The van der Waals surface area contributed by atoms with E-state index in [1.54, 1.807) is 0 Å². The number of hydrogen-bond acceptors (Lipinski definition) is 2. The highest BCUT2D eigenvalue weighted by Crippen LogP contribution is 2.36. The zero-order chi connectivity index (χ0) is 10.8. The molecule has 0 spiro atoms. The molecule has 1 heterocycles. The van der Waals surface area contributed by atoms with Crippen LogP contribution in [0.4, 0.5) is 0 Å². The molecule has 0 aromatic heterocycles. The summed E-state index contributed by atoms with van der Waals surface area (Å²) >= 11 is 0. The summed E-state index contributed by atoms with van der Waals surface area (Å²) in [7, 11) is 0. The first kappa shape index (κ1) is 10.7. The standard InChI is InChI=1S/C12H19NO2/c1-9(14)8-12(15)13-7-3-5-10-4-2-6-11(10)13/h10-11H,2-8H2,1H3. The number of rotatable bonds is 2. The molecule has 1 saturated heterocycles. The van der Waals surface area contributed by atoms with Gasteiger partial charge in [-0.15, -0.1) is 0 Å². The minimum absolute atomic E-state index is 0.0138. The molecule has 84 valence electrons. The normalized spacial score (nSPS) is 30.1. The molecule has 2 atom stereocenters. The lowest BCUT2D eigenvalue weighted by Crippen LogP contribution is -2.46. The number of piperidine rings is 1. The molecule has 15 heavy (non-hydrogen) atoms. The molecule has 3 heteroatoms. The molecule has 1 aliphatic carbocycles. The second kappa shape index (κ2) is 4.33. The Kier molecular flexibility index (Phi) is 3.08. The zero-order valence-corrected chi connectivity index (χ0v) is 9.37. The third-order valence-corrected chi connectivity index (χ3v) is 3.71. The summed E-state index contributed by atoms with van der Waals surface area (Å²) in [5.41, 5.74) is 0. The summed E-state index contributed by atoms with van der Waals surface area (Å²) < 4.78 is 0. The molecule has 0 aromatic carbocycles. The lowest BCUT2D eigenvalue weighted by atomic mass is 9.91. The van der Waals surface area contributed by atoms with Crippen LogP contribution in [0.2, 0.25) is 0 Å². The predicted molar refractivity (Wildman–Crippen MR) is 57.4 cm³/mol. The molecular weight excluding hydrogens is 190 g/mol. The van der Waals surface area contributed by atoms with Gasteiger partial charge in [0.25, 0.3) is 0 Å². The maximum absolute atomic E-state index is 11.9. The fraction of sp³-hybridized carbons (Fsp3) is 0.833. The molecule has 0 bridgehead atoms. The van der Waals surface area contributed by atoms with E-state index in [-0.39, 0.29) is 18.1 Å². The summed E-state index contributed by atoms with van der Waals surface area (Å²) in [5.74, 6) is 0.758. The molecule has 2 fully saturated rings. The molecule has 1 amide bonds. The van der Waals surface area contributed by atoms with E-state index >= 15 is 0 Å². The number of fused-ring (bicyclic) bond motifs is 1. The van der Waals surface area contributed by atoms with Gasteiger partial charge in [-0.1, -0.05) is 6.42 Å². The monoisotopic (exact) mass is 209 g/mol. The van der Waals surface area contributed by atoms with Crippen molar-refractivity contribution in [3.05, 3.63) is 0 Å². The predicted octanol–water partition coefficient (Wildman–Crippen LogP) is 1.76. The van der Waals surface area contributed by atoms with Crippen molar-refractivity contribution in [2.45, 2.75) is 51.5 Å². The minimum Gasteiger partial charge on any atom is -0.339 e. The third-order valence-electron chi connectivity index (χ3n) is 3.71. The van der Waals surface area contributed by atoms with Crippen molar-refractivity contribution in [3.63, 3.8) is 0 Å². The van der Waals surface area contributed by atoms with Crippen LogP contribution in [0.25, 0.3) is 0 Å². The van der Waals surface area contributed by atoms with Crippen molar-refractivity contribution < 1.29 is 9.59 Å².